The van der Waals surface area contributed by atoms with Crippen LogP contribution in [0.15, 0.2) is 0 Å². The molecule has 0 heterocycles. The second-order valence-corrected chi connectivity index (χ2v) is 6.24. The smallest absolute Gasteiger partial charge is 0.0624 e. The van der Waals surface area contributed by atoms with E-state index in [0.29, 0.717) is 5.92 Å². The third kappa shape index (κ3) is 1.45. The van der Waals surface area contributed by atoms with Crippen LogP contribution in [0, 0.1) is 23.2 Å². The summed E-state index contributed by atoms with van der Waals surface area (Å²) in [5, 5.41) is 19.4. The Morgan fingerprint density at radius 1 is 1.07 bits per heavy atom. The van der Waals surface area contributed by atoms with Crippen LogP contribution >= 0.6 is 0 Å². The van der Waals surface area contributed by atoms with Crippen LogP contribution in [0.5, 0.6) is 0 Å². The van der Waals surface area contributed by atoms with Crippen LogP contribution in [0.3, 0.4) is 0 Å². The van der Waals surface area contributed by atoms with Gasteiger partial charge in [0.15, 0.2) is 0 Å². The summed E-state index contributed by atoms with van der Waals surface area (Å²) in [4.78, 5) is 0. The zero-order valence-electron chi connectivity index (χ0n) is 9.36. The molecule has 15 heavy (non-hydrogen) atoms. The Balaban J connectivity index is 1.81. The molecule has 0 saturated heterocycles. The van der Waals surface area contributed by atoms with Crippen molar-refractivity contribution in [3.05, 3.63) is 0 Å². The summed E-state index contributed by atoms with van der Waals surface area (Å²) in [6.45, 7) is 0.286. The van der Waals surface area contributed by atoms with Crippen LogP contribution in [-0.4, -0.2) is 22.9 Å². The molecule has 3 unspecified atom stereocenters. The van der Waals surface area contributed by atoms with Gasteiger partial charge in [-0.2, -0.15) is 0 Å². The molecule has 0 aromatic heterocycles. The first kappa shape index (κ1) is 10.1. The molecule has 2 N–H and O–H groups in total. The molecular weight excluding hydrogens is 188 g/mol. The van der Waals surface area contributed by atoms with Crippen LogP contribution in [0.1, 0.15) is 44.9 Å². The number of hydrogen-bond donors (Lipinski definition) is 2. The minimum atomic E-state index is -0.0585. The number of aliphatic hydroxyl groups excluding tert-OH is 2. The Morgan fingerprint density at radius 3 is 2.33 bits per heavy atom. The van der Waals surface area contributed by atoms with Crippen molar-refractivity contribution in [1.29, 1.82) is 0 Å². The second-order valence-electron chi connectivity index (χ2n) is 6.24. The number of rotatable bonds is 3. The van der Waals surface area contributed by atoms with Gasteiger partial charge in [-0.25, -0.2) is 0 Å². The van der Waals surface area contributed by atoms with E-state index in [4.69, 9.17) is 5.11 Å². The maximum absolute atomic E-state index is 10.4. The van der Waals surface area contributed by atoms with E-state index in [1.807, 2.05) is 0 Å². The van der Waals surface area contributed by atoms with Gasteiger partial charge in [-0.15, -0.1) is 0 Å². The summed E-state index contributed by atoms with van der Waals surface area (Å²) in [7, 11) is 0. The van der Waals surface area contributed by atoms with Crippen LogP contribution < -0.4 is 0 Å². The van der Waals surface area contributed by atoms with E-state index in [9.17, 15) is 5.11 Å². The van der Waals surface area contributed by atoms with E-state index >= 15 is 0 Å². The molecule has 0 aromatic carbocycles. The maximum atomic E-state index is 10.4. The summed E-state index contributed by atoms with van der Waals surface area (Å²) in [6, 6.07) is 0. The summed E-state index contributed by atoms with van der Waals surface area (Å²) in [5.74, 6) is 2.38. The molecule has 4 saturated carbocycles. The van der Waals surface area contributed by atoms with Gasteiger partial charge in [-0.3, -0.25) is 0 Å². The van der Waals surface area contributed by atoms with Crippen LogP contribution in [0.2, 0.25) is 0 Å². The lowest BCUT2D eigenvalue weighted by Gasteiger charge is -2.59. The lowest BCUT2D eigenvalue weighted by Crippen LogP contribution is -2.55. The lowest BCUT2D eigenvalue weighted by molar-refractivity contribution is -0.159. The molecule has 0 amide bonds. The largest absolute Gasteiger partial charge is 0.396 e. The van der Waals surface area contributed by atoms with Crippen molar-refractivity contribution in [3.63, 3.8) is 0 Å². The lowest BCUT2D eigenvalue weighted by atomic mass is 9.47. The van der Waals surface area contributed by atoms with Gasteiger partial charge >= 0.3 is 0 Å². The topological polar surface area (TPSA) is 40.5 Å². The summed E-state index contributed by atoms with van der Waals surface area (Å²) in [6.07, 6.45) is 8.32. The van der Waals surface area contributed by atoms with E-state index in [1.165, 1.54) is 32.1 Å². The molecule has 4 rings (SSSR count). The van der Waals surface area contributed by atoms with Crippen molar-refractivity contribution >= 4 is 0 Å². The fourth-order valence-corrected chi connectivity index (χ4v) is 4.97. The van der Waals surface area contributed by atoms with E-state index in [-0.39, 0.29) is 18.1 Å². The van der Waals surface area contributed by atoms with Crippen LogP contribution in [0.25, 0.3) is 0 Å². The van der Waals surface area contributed by atoms with Crippen molar-refractivity contribution in [2.24, 2.45) is 23.2 Å². The average molecular weight is 210 g/mol. The van der Waals surface area contributed by atoms with Crippen molar-refractivity contribution < 1.29 is 10.2 Å². The van der Waals surface area contributed by atoms with Gasteiger partial charge in [-0.05, 0) is 68.1 Å². The standard InChI is InChI=1S/C13H22O2/c14-3-1-2-13-7-9-4-10(8-13)6-11(5-9)12(13)15/h9-12,14-15H,1-8H2. The SMILES string of the molecule is OCCCC12CC3CC(CC(C3)C1O)C2. The zero-order valence-corrected chi connectivity index (χ0v) is 9.36. The Kier molecular flexibility index (Phi) is 2.33. The fraction of sp³-hybridized carbons (Fsp3) is 1.00. The van der Waals surface area contributed by atoms with Crippen molar-refractivity contribution in [2.75, 3.05) is 6.61 Å². The highest BCUT2D eigenvalue weighted by Gasteiger charge is 2.55. The maximum Gasteiger partial charge on any atom is 0.0624 e. The van der Waals surface area contributed by atoms with Gasteiger partial charge in [0, 0.05) is 6.61 Å². The van der Waals surface area contributed by atoms with Gasteiger partial charge < -0.3 is 10.2 Å². The van der Waals surface area contributed by atoms with Crippen molar-refractivity contribution in [1.82, 2.24) is 0 Å². The molecule has 4 aliphatic carbocycles. The van der Waals surface area contributed by atoms with Crippen molar-refractivity contribution in [2.45, 2.75) is 51.0 Å². The molecule has 2 heteroatoms. The predicted octanol–water partition coefficient (Wildman–Crippen LogP) is 1.95. The molecule has 0 radical (unpaired) electrons. The summed E-state index contributed by atoms with van der Waals surface area (Å²) in [5.41, 5.74) is 0.206. The summed E-state index contributed by atoms with van der Waals surface area (Å²) >= 11 is 0. The van der Waals surface area contributed by atoms with Crippen LogP contribution in [0.4, 0.5) is 0 Å². The van der Waals surface area contributed by atoms with E-state index in [2.05, 4.69) is 0 Å². The molecule has 4 bridgehead atoms. The van der Waals surface area contributed by atoms with Gasteiger partial charge in [0.25, 0.3) is 0 Å². The number of aliphatic hydroxyl groups is 2. The molecule has 0 aliphatic heterocycles. The third-order valence-corrected chi connectivity index (χ3v) is 5.24. The molecule has 4 fully saturated rings. The second kappa shape index (κ2) is 3.46. The fourth-order valence-electron chi connectivity index (χ4n) is 4.97. The average Bonchev–Trinajstić information content (AvgIpc) is 2.22. The first-order valence-electron chi connectivity index (χ1n) is 6.52. The Hall–Kier alpha value is -0.0800. The third-order valence-electron chi connectivity index (χ3n) is 5.24. The first-order valence-corrected chi connectivity index (χ1v) is 6.52. The van der Waals surface area contributed by atoms with Gasteiger partial charge in [0.1, 0.15) is 0 Å². The Morgan fingerprint density at radius 2 is 1.73 bits per heavy atom. The van der Waals surface area contributed by atoms with E-state index < -0.39 is 0 Å². The van der Waals surface area contributed by atoms with Gasteiger partial charge in [0.05, 0.1) is 6.10 Å². The molecule has 2 nitrogen and oxygen atoms in total. The minimum Gasteiger partial charge on any atom is -0.396 e. The van der Waals surface area contributed by atoms with Crippen LogP contribution in [-0.2, 0) is 0 Å². The minimum absolute atomic E-state index is 0.0585. The molecule has 0 aromatic rings. The van der Waals surface area contributed by atoms with Gasteiger partial charge in [-0.1, -0.05) is 0 Å². The van der Waals surface area contributed by atoms with E-state index in [1.54, 1.807) is 0 Å². The highest BCUT2D eigenvalue weighted by atomic mass is 16.3. The Labute approximate surface area is 91.7 Å². The monoisotopic (exact) mass is 210 g/mol. The molecule has 3 atom stereocenters. The Bertz CT molecular complexity index is 237. The quantitative estimate of drug-likeness (QED) is 0.747. The molecule has 4 aliphatic rings. The highest BCUT2D eigenvalue weighted by molar-refractivity contribution is 5.06. The highest BCUT2D eigenvalue weighted by Crippen LogP contribution is 2.61. The van der Waals surface area contributed by atoms with Gasteiger partial charge in [0.2, 0.25) is 0 Å². The molecule has 0 spiro atoms. The first-order chi connectivity index (χ1) is 7.23. The van der Waals surface area contributed by atoms with Crippen molar-refractivity contribution in [3.8, 4) is 0 Å². The predicted molar refractivity (Wildman–Crippen MR) is 58.3 cm³/mol. The normalized spacial score (nSPS) is 52.4. The molecular formula is C13H22O2. The molecule has 86 valence electrons. The number of hydrogen-bond acceptors (Lipinski definition) is 2. The zero-order chi connectivity index (χ0) is 10.5. The van der Waals surface area contributed by atoms with E-state index in [0.717, 1.165) is 24.7 Å². The summed E-state index contributed by atoms with van der Waals surface area (Å²) < 4.78 is 0.